The molecular formula is C14H18FNO3. The van der Waals surface area contributed by atoms with Crippen LogP contribution < -0.4 is 4.74 Å². The number of methoxy groups -OCH3 is 1. The maximum atomic E-state index is 14.0. The number of nitrogens with zero attached hydrogens (tertiary/aromatic N) is 1. The Hall–Kier alpha value is -1.78. The Morgan fingerprint density at radius 2 is 2.00 bits per heavy atom. The van der Waals surface area contributed by atoms with Crippen molar-refractivity contribution in [2.45, 2.75) is 39.5 Å². The fourth-order valence-electron chi connectivity index (χ4n) is 2.02. The molecule has 1 aromatic rings. The summed E-state index contributed by atoms with van der Waals surface area (Å²) in [4.78, 5) is 13.4. The van der Waals surface area contributed by atoms with Crippen molar-refractivity contribution in [2.75, 3.05) is 7.11 Å². The third kappa shape index (κ3) is 2.80. The van der Waals surface area contributed by atoms with Gasteiger partial charge in [-0.05, 0) is 32.4 Å². The van der Waals surface area contributed by atoms with Crippen molar-refractivity contribution < 1.29 is 18.7 Å². The van der Waals surface area contributed by atoms with Gasteiger partial charge in [0.1, 0.15) is 5.60 Å². The minimum absolute atomic E-state index is 0.199. The molecule has 0 bridgehead atoms. The second-order valence-electron chi connectivity index (χ2n) is 5.56. The summed E-state index contributed by atoms with van der Waals surface area (Å²) >= 11 is 0. The van der Waals surface area contributed by atoms with Crippen LogP contribution in [0.5, 0.6) is 5.75 Å². The van der Waals surface area contributed by atoms with Gasteiger partial charge in [0.05, 0.1) is 13.7 Å². The first-order valence-electron chi connectivity index (χ1n) is 6.14. The Kier molecular flexibility index (Phi) is 3.39. The zero-order valence-electron chi connectivity index (χ0n) is 11.6. The molecule has 19 heavy (non-hydrogen) atoms. The maximum absolute atomic E-state index is 14.0. The molecule has 0 N–H and O–H groups in total. The summed E-state index contributed by atoms with van der Waals surface area (Å²) < 4.78 is 24.3. The molecule has 0 spiro atoms. The molecule has 1 aliphatic rings. The Labute approximate surface area is 112 Å². The van der Waals surface area contributed by atoms with E-state index in [4.69, 9.17) is 9.47 Å². The molecular weight excluding hydrogens is 249 g/mol. The summed E-state index contributed by atoms with van der Waals surface area (Å²) in [5.41, 5.74) is 0.747. The Balaban J connectivity index is 2.17. The minimum atomic E-state index is -0.553. The smallest absolute Gasteiger partial charge is 0.410 e. The average Bonchev–Trinajstić information content (AvgIpc) is 2.72. The third-order valence-electron chi connectivity index (χ3n) is 2.89. The van der Waals surface area contributed by atoms with Crippen molar-refractivity contribution in [3.63, 3.8) is 0 Å². The van der Waals surface area contributed by atoms with Crippen LogP contribution >= 0.6 is 0 Å². The Morgan fingerprint density at radius 1 is 1.32 bits per heavy atom. The normalized spacial score (nSPS) is 14.3. The summed E-state index contributed by atoms with van der Waals surface area (Å²) in [6.45, 7) is 5.99. The Bertz CT molecular complexity index is 508. The van der Waals surface area contributed by atoms with Crippen molar-refractivity contribution in [1.82, 2.24) is 4.90 Å². The largest absolute Gasteiger partial charge is 0.494 e. The quantitative estimate of drug-likeness (QED) is 0.785. The van der Waals surface area contributed by atoms with Gasteiger partial charge in [-0.15, -0.1) is 0 Å². The summed E-state index contributed by atoms with van der Waals surface area (Å²) in [5.74, 6) is -0.198. The van der Waals surface area contributed by atoms with Crippen molar-refractivity contribution in [1.29, 1.82) is 0 Å². The van der Waals surface area contributed by atoms with Crippen LogP contribution in [0.3, 0.4) is 0 Å². The van der Waals surface area contributed by atoms with Gasteiger partial charge in [0.2, 0.25) is 0 Å². The molecule has 1 aliphatic heterocycles. The summed E-state index contributed by atoms with van der Waals surface area (Å²) in [6, 6.07) is 3.36. The lowest BCUT2D eigenvalue weighted by molar-refractivity contribution is 0.0241. The zero-order chi connectivity index (χ0) is 14.2. The van der Waals surface area contributed by atoms with Gasteiger partial charge >= 0.3 is 6.09 Å². The van der Waals surface area contributed by atoms with Gasteiger partial charge in [0.25, 0.3) is 0 Å². The van der Waals surface area contributed by atoms with Gasteiger partial charge < -0.3 is 9.47 Å². The first kappa shape index (κ1) is 13.6. The van der Waals surface area contributed by atoms with E-state index in [0.29, 0.717) is 12.1 Å². The minimum Gasteiger partial charge on any atom is -0.494 e. The first-order valence-corrected chi connectivity index (χ1v) is 6.14. The number of carbonyl (C=O) groups is 1. The molecule has 0 radical (unpaired) electrons. The molecule has 0 aromatic heterocycles. The molecule has 1 heterocycles. The number of hydrogen-bond acceptors (Lipinski definition) is 3. The van der Waals surface area contributed by atoms with E-state index in [-0.39, 0.29) is 12.3 Å². The van der Waals surface area contributed by atoms with Crippen LogP contribution in [-0.4, -0.2) is 23.7 Å². The molecule has 0 unspecified atom stereocenters. The molecule has 2 rings (SSSR count). The highest BCUT2D eigenvalue weighted by atomic mass is 19.1. The number of ether oxygens (including phenoxy) is 2. The molecule has 4 nitrogen and oxygen atoms in total. The topological polar surface area (TPSA) is 38.8 Å². The van der Waals surface area contributed by atoms with Crippen molar-refractivity contribution in [3.8, 4) is 5.75 Å². The molecule has 5 heteroatoms. The van der Waals surface area contributed by atoms with E-state index in [1.165, 1.54) is 12.0 Å². The predicted octanol–water partition coefficient (Wildman–Crippen LogP) is 3.09. The number of halogens is 1. The van der Waals surface area contributed by atoms with Gasteiger partial charge in [-0.2, -0.15) is 0 Å². The number of benzene rings is 1. The molecule has 0 saturated carbocycles. The second kappa shape index (κ2) is 4.72. The van der Waals surface area contributed by atoms with E-state index in [1.807, 2.05) is 0 Å². The molecule has 1 aromatic carbocycles. The molecule has 104 valence electrons. The van der Waals surface area contributed by atoms with Crippen LogP contribution in [0, 0.1) is 5.82 Å². The monoisotopic (exact) mass is 267 g/mol. The predicted molar refractivity (Wildman–Crippen MR) is 68.4 cm³/mol. The SMILES string of the molecule is COc1ccc2c(c1F)CN(C(=O)OC(C)(C)C)C2. The highest BCUT2D eigenvalue weighted by Gasteiger charge is 2.30. The zero-order valence-corrected chi connectivity index (χ0v) is 11.6. The van der Waals surface area contributed by atoms with E-state index in [9.17, 15) is 9.18 Å². The second-order valence-corrected chi connectivity index (χ2v) is 5.56. The third-order valence-corrected chi connectivity index (χ3v) is 2.89. The molecule has 0 aliphatic carbocycles. The summed E-state index contributed by atoms with van der Waals surface area (Å²) in [6.07, 6.45) is -0.429. The first-order chi connectivity index (χ1) is 8.81. The summed E-state index contributed by atoms with van der Waals surface area (Å²) in [5, 5.41) is 0. The number of rotatable bonds is 1. The summed E-state index contributed by atoms with van der Waals surface area (Å²) in [7, 11) is 1.42. The lowest BCUT2D eigenvalue weighted by Gasteiger charge is -2.24. The van der Waals surface area contributed by atoms with Crippen molar-refractivity contribution >= 4 is 6.09 Å². The van der Waals surface area contributed by atoms with Crippen molar-refractivity contribution in [2.24, 2.45) is 0 Å². The lowest BCUT2D eigenvalue weighted by atomic mass is 10.1. The van der Waals surface area contributed by atoms with Gasteiger partial charge in [-0.3, -0.25) is 4.90 Å². The molecule has 0 saturated heterocycles. The van der Waals surface area contributed by atoms with E-state index >= 15 is 0 Å². The lowest BCUT2D eigenvalue weighted by Crippen LogP contribution is -2.33. The van der Waals surface area contributed by atoms with E-state index in [0.717, 1.165) is 5.56 Å². The van der Waals surface area contributed by atoms with Gasteiger partial charge in [-0.25, -0.2) is 9.18 Å². The van der Waals surface area contributed by atoms with Gasteiger partial charge in [-0.1, -0.05) is 6.07 Å². The highest BCUT2D eigenvalue weighted by Crippen LogP contribution is 2.31. The standard InChI is InChI=1S/C14H18FNO3/c1-14(2,3)19-13(17)16-7-9-5-6-11(18-4)12(15)10(9)8-16/h5-6H,7-8H2,1-4H3. The maximum Gasteiger partial charge on any atom is 0.410 e. The van der Waals surface area contributed by atoms with Crippen LogP contribution in [0.4, 0.5) is 9.18 Å². The fraction of sp³-hybridized carbons (Fsp3) is 0.500. The fourth-order valence-corrected chi connectivity index (χ4v) is 2.02. The number of carbonyl (C=O) groups excluding carboxylic acids is 1. The van der Waals surface area contributed by atoms with Crippen molar-refractivity contribution in [3.05, 3.63) is 29.1 Å². The molecule has 0 fully saturated rings. The van der Waals surface area contributed by atoms with Crippen LogP contribution in [0.25, 0.3) is 0 Å². The molecule has 1 amide bonds. The van der Waals surface area contributed by atoms with E-state index in [1.54, 1.807) is 32.9 Å². The highest BCUT2D eigenvalue weighted by molar-refractivity contribution is 5.69. The van der Waals surface area contributed by atoms with Crippen LogP contribution in [-0.2, 0) is 17.8 Å². The number of amides is 1. The average molecular weight is 267 g/mol. The van der Waals surface area contributed by atoms with Crippen LogP contribution in [0.1, 0.15) is 31.9 Å². The van der Waals surface area contributed by atoms with E-state index in [2.05, 4.69) is 0 Å². The van der Waals surface area contributed by atoms with Gasteiger partial charge in [0, 0.05) is 12.1 Å². The van der Waals surface area contributed by atoms with Gasteiger partial charge in [0.15, 0.2) is 11.6 Å². The van der Waals surface area contributed by atoms with Crippen LogP contribution in [0.15, 0.2) is 12.1 Å². The van der Waals surface area contributed by atoms with Crippen LogP contribution in [0.2, 0.25) is 0 Å². The number of hydrogen-bond donors (Lipinski definition) is 0. The number of fused-ring (bicyclic) bond motifs is 1. The van der Waals surface area contributed by atoms with E-state index < -0.39 is 17.5 Å². The Morgan fingerprint density at radius 3 is 2.58 bits per heavy atom. The molecule has 0 atom stereocenters.